The minimum Gasteiger partial charge on any atom is -0.494 e. The molecule has 30 heavy (non-hydrogen) atoms. The van der Waals surface area contributed by atoms with Crippen LogP contribution in [0.4, 0.5) is 0 Å². The molecule has 0 spiro atoms. The number of benzene rings is 2. The van der Waals surface area contributed by atoms with Gasteiger partial charge in [-0.15, -0.1) is 0 Å². The van der Waals surface area contributed by atoms with Crippen LogP contribution in [0.3, 0.4) is 0 Å². The number of halogens is 1. The molecule has 7 nitrogen and oxygen atoms in total. The lowest BCUT2D eigenvalue weighted by Crippen LogP contribution is -2.41. The van der Waals surface area contributed by atoms with Gasteiger partial charge in [0.05, 0.1) is 11.5 Å². The zero-order valence-electron chi connectivity index (χ0n) is 16.6. The van der Waals surface area contributed by atoms with Gasteiger partial charge < -0.3 is 14.2 Å². The van der Waals surface area contributed by atoms with Gasteiger partial charge in [0.2, 0.25) is 10.0 Å². The first-order valence-corrected chi connectivity index (χ1v) is 11.5. The van der Waals surface area contributed by atoms with E-state index < -0.39 is 22.0 Å². The number of carbonyl (C=O) groups excluding carboxylic acids is 1. The summed E-state index contributed by atoms with van der Waals surface area (Å²) in [6.07, 6.45) is 1.01. The number of ether oxygens (including phenoxy) is 3. The van der Waals surface area contributed by atoms with E-state index in [9.17, 15) is 13.2 Å². The smallest absolute Gasteiger partial charge is 0.324 e. The predicted molar refractivity (Wildman–Crippen MR) is 112 cm³/mol. The monoisotopic (exact) mass is 453 g/mol. The van der Waals surface area contributed by atoms with Gasteiger partial charge in [-0.1, -0.05) is 11.6 Å². The summed E-state index contributed by atoms with van der Waals surface area (Å²) < 4.78 is 43.2. The molecule has 1 unspecified atom stereocenters. The van der Waals surface area contributed by atoms with Gasteiger partial charge in [0, 0.05) is 11.6 Å². The van der Waals surface area contributed by atoms with Crippen molar-refractivity contribution in [2.75, 3.05) is 26.4 Å². The van der Waals surface area contributed by atoms with E-state index in [0.29, 0.717) is 30.2 Å². The molecule has 0 aromatic heterocycles. The van der Waals surface area contributed by atoms with Gasteiger partial charge in [-0.25, -0.2) is 8.42 Å². The average molecular weight is 454 g/mol. The summed E-state index contributed by atoms with van der Waals surface area (Å²) in [4.78, 5) is 12.6. The lowest BCUT2D eigenvalue weighted by molar-refractivity contribution is -0.148. The predicted octanol–water partition coefficient (Wildman–Crippen LogP) is 3.51. The van der Waals surface area contributed by atoms with Gasteiger partial charge in [-0.3, -0.25) is 4.79 Å². The fourth-order valence-corrected chi connectivity index (χ4v) is 4.97. The first-order valence-electron chi connectivity index (χ1n) is 9.71. The fraction of sp³-hybridized carbons (Fsp3) is 0.381. The summed E-state index contributed by atoms with van der Waals surface area (Å²) in [6.45, 7) is 2.95. The first kappa shape index (κ1) is 22.4. The third-order valence-corrected chi connectivity index (χ3v) is 6.80. The molecule has 2 aromatic carbocycles. The Balaban J connectivity index is 1.52. The van der Waals surface area contributed by atoms with Crippen molar-refractivity contribution in [3.8, 4) is 11.5 Å². The lowest BCUT2D eigenvalue weighted by atomic mass is 10.2. The van der Waals surface area contributed by atoms with E-state index >= 15 is 0 Å². The van der Waals surface area contributed by atoms with Crippen LogP contribution in [0.1, 0.15) is 19.8 Å². The standard InChI is InChI=1S/C21H24ClNO6S/c1-2-27-17-7-9-18(10-8-17)28-14-15-29-21(24)20-4-3-13-23(20)30(25,26)19-11-5-16(22)6-12-19/h5-12,20H,2-4,13-15H2,1H3. The molecule has 162 valence electrons. The molecule has 1 saturated heterocycles. The summed E-state index contributed by atoms with van der Waals surface area (Å²) in [5.41, 5.74) is 0. The highest BCUT2D eigenvalue weighted by atomic mass is 35.5. The molecule has 0 saturated carbocycles. The second-order valence-corrected chi connectivity index (χ2v) is 8.98. The van der Waals surface area contributed by atoms with Crippen molar-refractivity contribution < 1.29 is 27.4 Å². The van der Waals surface area contributed by atoms with Crippen molar-refractivity contribution >= 4 is 27.6 Å². The number of hydrogen-bond acceptors (Lipinski definition) is 6. The number of carbonyl (C=O) groups is 1. The van der Waals surface area contributed by atoms with E-state index in [1.807, 2.05) is 6.92 Å². The van der Waals surface area contributed by atoms with Crippen molar-refractivity contribution in [3.63, 3.8) is 0 Å². The average Bonchev–Trinajstić information content (AvgIpc) is 3.24. The summed E-state index contributed by atoms with van der Waals surface area (Å²) in [7, 11) is -3.80. The highest BCUT2D eigenvalue weighted by Gasteiger charge is 2.40. The molecule has 1 atom stereocenters. The molecule has 3 rings (SSSR count). The molecule has 0 bridgehead atoms. The Morgan fingerprint density at radius 1 is 1.03 bits per heavy atom. The second kappa shape index (κ2) is 10.1. The summed E-state index contributed by atoms with van der Waals surface area (Å²) in [5.74, 6) is 0.808. The molecule has 0 aliphatic carbocycles. The highest BCUT2D eigenvalue weighted by molar-refractivity contribution is 7.89. The molecule has 2 aromatic rings. The number of sulfonamides is 1. The molecule has 0 radical (unpaired) electrons. The molecule has 0 amide bonds. The van der Waals surface area contributed by atoms with Crippen molar-refractivity contribution in [3.05, 3.63) is 53.6 Å². The number of esters is 1. The van der Waals surface area contributed by atoms with Gasteiger partial charge in [-0.05, 0) is 68.3 Å². The Morgan fingerprint density at radius 2 is 1.67 bits per heavy atom. The van der Waals surface area contributed by atoms with Crippen LogP contribution in [0.2, 0.25) is 5.02 Å². The van der Waals surface area contributed by atoms with Gasteiger partial charge >= 0.3 is 5.97 Å². The molecule has 1 fully saturated rings. The molecule has 1 heterocycles. The van der Waals surface area contributed by atoms with Crippen LogP contribution in [0, 0.1) is 0 Å². The third kappa shape index (κ3) is 5.44. The fourth-order valence-electron chi connectivity index (χ4n) is 3.20. The van der Waals surface area contributed by atoms with E-state index in [4.69, 9.17) is 25.8 Å². The van der Waals surface area contributed by atoms with Gasteiger partial charge in [0.15, 0.2) is 0 Å². The van der Waals surface area contributed by atoms with Crippen LogP contribution < -0.4 is 9.47 Å². The maximum Gasteiger partial charge on any atom is 0.324 e. The van der Waals surface area contributed by atoms with E-state index in [2.05, 4.69) is 0 Å². The SMILES string of the molecule is CCOc1ccc(OCCOC(=O)C2CCCN2S(=O)(=O)c2ccc(Cl)cc2)cc1. The molecule has 1 aliphatic heterocycles. The van der Waals surface area contributed by atoms with Crippen molar-refractivity contribution in [1.82, 2.24) is 4.31 Å². The largest absolute Gasteiger partial charge is 0.494 e. The van der Waals surface area contributed by atoms with E-state index in [1.165, 1.54) is 28.6 Å². The van der Waals surface area contributed by atoms with Gasteiger partial charge in [0.25, 0.3) is 0 Å². The van der Waals surface area contributed by atoms with Crippen molar-refractivity contribution in [1.29, 1.82) is 0 Å². The molecular formula is C21H24ClNO6S. The summed E-state index contributed by atoms with van der Waals surface area (Å²) >= 11 is 5.84. The summed E-state index contributed by atoms with van der Waals surface area (Å²) in [5, 5.41) is 0.443. The number of rotatable bonds is 9. The maximum atomic E-state index is 12.9. The second-order valence-electron chi connectivity index (χ2n) is 6.65. The zero-order chi connectivity index (χ0) is 21.6. The topological polar surface area (TPSA) is 82.1 Å². The minimum absolute atomic E-state index is 0.0252. The first-order chi connectivity index (χ1) is 14.4. The van der Waals surface area contributed by atoms with Crippen LogP contribution >= 0.6 is 11.6 Å². The molecule has 9 heteroatoms. The number of hydrogen-bond donors (Lipinski definition) is 0. The van der Waals surface area contributed by atoms with Crippen LogP contribution in [-0.2, 0) is 19.6 Å². The zero-order valence-corrected chi connectivity index (χ0v) is 18.2. The van der Waals surface area contributed by atoms with E-state index in [0.717, 1.165) is 5.75 Å². The van der Waals surface area contributed by atoms with E-state index in [1.54, 1.807) is 24.3 Å². The van der Waals surface area contributed by atoms with Crippen LogP contribution in [0.25, 0.3) is 0 Å². The Morgan fingerprint density at radius 3 is 2.30 bits per heavy atom. The quantitative estimate of drug-likeness (QED) is 0.427. The maximum absolute atomic E-state index is 12.9. The number of nitrogens with zero attached hydrogens (tertiary/aromatic N) is 1. The Kier molecular flexibility index (Phi) is 7.58. The molecule has 0 N–H and O–H groups in total. The highest BCUT2D eigenvalue weighted by Crippen LogP contribution is 2.27. The van der Waals surface area contributed by atoms with Crippen LogP contribution in [0.15, 0.2) is 53.4 Å². The Hall–Kier alpha value is -2.29. The van der Waals surface area contributed by atoms with E-state index in [-0.39, 0.29) is 24.7 Å². The minimum atomic E-state index is -3.80. The van der Waals surface area contributed by atoms with Gasteiger partial charge in [0.1, 0.15) is 30.8 Å². The third-order valence-electron chi connectivity index (χ3n) is 4.63. The van der Waals surface area contributed by atoms with Crippen molar-refractivity contribution in [2.24, 2.45) is 0 Å². The molecule has 1 aliphatic rings. The molecular weight excluding hydrogens is 430 g/mol. The van der Waals surface area contributed by atoms with Crippen molar-refractivity contribution in [2.45, 2.75) is 30.7 Å². The Labute approximate surface area is 181 Å². The van der Waals surface area contributed by atoms with Crippen LogP contribution in [-0.4, -0.2) is 51.1 Å². The van der Waals surface area contributed by atoms with Crippen LogP contribution in [0.5, 0.6) is 11.5 Å². The lowest BCUT2D eigenvalue weighted by Gasteiger charge is -2.22. The van der Waals surface area contributed by atoms with Gasteiger partial charge in [-0.2, -0.15) is 4.31 Å². The summed E-state index contributed by atoms with van der Waals surface area (Å²) in [6, 6.07) is 12.2. The Bertz CT molecular complexity index is 946. The normalized spacial score (nSPS) is 16.9.